The fourth-order valence-corrected chi connectivity index (χ4v) is 0. The first-order valence-electron chi connectivity index (χ1n) is 3.07. The van der Waals surface area contributed by atoms with Crippen molar-refractivity contribution in [3.63, 3.8) is 0 Å². The van der Waals surface area contributed by atoms with Gasteiger partial charge in [0.1, 0.15) is 0 Å². The molecule has 0 aromatic rings. The summed E-state index contributed by atoms with van der Waals surface area (Å²) in [6.45, 7) is 5.79. The molecule has 0 atom stereocenters. The Bertz CT molecular complexity index is 17.7. The zero-order valence-electron chi connectivity index (χ0n) is 6.76. The minimum atomic E-state index is 0. The van der Waals surface area contributed by atoms with Gasteiger partial charge >= 0.3 is 0 Å². The standard InChI is InChI=1S/3C2H6O.Cu/c3*1-2-3;/h3*3H,2H2,1H3;. The molecule has 0 aromatic heterocycles. The molecule has 0 heterocycles. The maximum atomic E-state index is 7.57. The van der Waals surface area contributed by atoms with Crippen LogP contribution in [0.3, 0.4) is 0 Å². The summed E-state index contributed by atoms with van der Waals surface area (Å²) in [5.74, 6) is 0. The Morgan fingerprint density at radius 1 is 0.700 bits per heavy atom. The van der Waals surface area contributed by atoms with Crippen LogP contribution < -0.4 is 0 Å². The Hall–Kier alpha value is 0.399. The molecule has 0 saturated carbocycles. The predicted octanol–water partition coefficient (Wildman–Crippen LogP) is -0.00670. The first-order chi connectivity index (χ1) is 4.24. The van der Waals surface area contributed by atoms with Crippen molar-refractivity contribution in [2.45, 2.75) is 20.8 Å². The predicted molar refractivity (Wildman–Crippen MR) is 38.3 cm³/mol. The van der Waals surface area contributed by atoms with Crippen molar-refractivity contribution in [3.05, 3.63) is 0 Å². The van der Waals surface area contributed by atoms with E-state index in [4.69, 9.17) is 15.3 Å². The van der Waals surface area contributed by atoms with Crippen LogP contribution in [-0.4, -0.2) is 35.1 Å². The van der Waals surface area contributed by atoms with Gasteiger partial charge in [0, 0.05) is 36.9 Å². The molecular formula is C6H18CuO3. The van der Waals surface area contributed by atoms with Gasteiger partial charge in [-0.3, -0.25) is 0 Å². The molecule has 1 radical (unpaired) electrons. The van der Waals surface area contributed by atoms with Gasteiger partial charge in [-0.25, -0.2) is 0 Å². The average Bonchev–Trinajstić information content (AvgIpc) is 1.70. The summed E-state index contributed by atoms with van der Waals surface area (Å²) >= 11 is 0. The molecule has 0 rings (SSSR count). The van der Waals surface area contributed by atoms with Gasteiger partial charge < -0.3 is 15.3 Å². The molecule has 71 valence electrons. The second-order valence-corrected chi connectivity index (χ2v) is 0.949. The molecule has 0 aliphatic heterocycles. The van der Waals surface area contributed by atoms with Crippen molar-refractivity contribution in [2.24, 2.45) is 0 Å². The third-order valence-electron chi connectivity index (χ3n) is 0. The molecule has 0 saturated heterocycles. The SMILES string of the molecule is CCO.CCO.CCO.[Cu]. The summed E-state index contributed by atoms with van der Waals surface area (Å²) < 4.78 is 0. The summed E-state index contributed by atoms with van der Waals surface area (Å²) in [7, 11) is 0. The van der Waals surface area contributed by atoms with Crippen molar-refractivity contribution >= 4 is 0 Å². The summed E-state index contributed by atoms with van der Waals surface area (Å²) in [5, 5.41) is 22.7. The van der Waals surface area contributed by atoms with Crippen LogP contribution in [0.4, 0.5) is 0 Å². The second-order valence-electron chi connectivity index (χ2n) is 0.949. The first-order valence-corrected chi connectivity index (χ1v) is 3.07. The molecular weight excluding hydrogens is 184 g/mol. The molecule has 0 amide bonds. The zero-order chi connectivity index (χ0) is 8.12. The van der Waals surface area contributed by atoms with E-state index >= 15 is 0 Å². The quantitative estimate of drug-likeness (QED) is 0.484. The molecule has 3 nitrogen and oxygen atoms in total. The molecule has 0 aliphatic carbocycles. The van der Waals surface area contributed by atoms with Crippen LogP contribution in [0.15, 0.2) is 0 Å². The van der Waals surface area contributed by atoms with Crippen LogP contribution >= 0.6 is 0 Å². The Labute approximate surface area is 73.6 Å². The van der Waals surface area contributed by atoms with E-state index in [1.165, 1.54) is 0 Å². The number of hydrogen-bond acceptors (Lipinski definition) is 3. The van der Waals surface area contributed by atoms with E-state index in [2.05, 4.69) is 0 Å². The zero-order valence-corrected chi connectivity index (χ0v) is 7.71. The third-order valence-corrected chi connectivity index (χ3v) is 0. The fourth-order valence-electron chi connectivity index (χ4n) is 0. The second kappa shape index (κ2) is 57.4. The third kappa shape index (κ3) is 2880. The van der Waals surface area contributed by atoms with Gasteiger partial charge in [-0.1, -0.05) is 0 Å². The van der Waals surface area contributed by atoms with E-state index in [0.717, 1.165) is 0 Å². The summed E-state index contributed by atoms with van der Waals surface area (Å²) in [6.07, 6.45) is 0. The van der Waals surface area contributed by atoms with Gasteiger partial charge in [-0.05, 0) is 20.8 Å². The van der Waals surface area contributed by atoms with Crippen LogP contribution in [0, 0.1) is 0 Å². The van der Waals surface area contributed by atoms with Crippen molar-refractivity contribution in [3.8, 4) is 0 Å². The Morgan fingerprint density at radius 3 is 0.700 bits per heavy atom. The number of rotatable bonds is 0. The van der Waals surface area contributed by atoms with Crippen LogP contribution in [0.25, 0.3) is 0 Å². The normalized spacial score (nSPS) is 5.40. The Morgan fingerprint density at radius 2 is 0.700 bits per heavy atom. The van der Waals surface area contributed by atoms with Gasteiger partial charge in [0.15, 0.2) is 0 Å². The van der Waals surface area contributed by atoms with Gasteiger partial charge in [0.25, 0.3) is 0 Å². The van der Waals surface area contributed by atoms with E-state index < -0.39 is 0 Å². The molecule has 10 heavy (non-hydrogen) atoms. The maximum absolute atomic E-state index is 7.57. The van der Waals surface area contributed by atoms with Gasteiger partial charge in [-0.15, -0.1) is 0 Å². The first kappa shape index (κ1) is 22.4. The van der Waals surface area contributed by atoms with Crippen molar-refractivity contribution < 1.29 is 32.4 Å². The Kier molecular flexibility index (Phi) is 129. The molecule has 0 fully saturated rings. The van der Waals surface area contributed by atoms with Gasteiger partial charge in [0.05, 0.1) is 0 Å². The van der Waals surface area contributed by atoms with Crippen molar-refractivity contribution in [1.82, 2.24) is 0 Å². The molecule has 0 aliphatic rings. The topological polar surface area (TPSA) is 60.7 Å². The van der Waals surface area contributed by atoms with E-state index in [9.17, 15) is 0 Å². The van der Waals surface area contributed by atoms with Crippen LogP contribution in [-0.2, 0) is 17.1 Å². The van der Waals surface area contributed by atoms with Crippen LogP contribution in [0.2, 0.25) is 0 Å². The smallest absolute Gasteiger partial charge is 0.0402 e. The molecule has 0 spiro atoms. The number of aliphatic hydroxyl groups excluding tert-OH is 3. The fraction of sp³-hybridized carbons (Fsp3) is 1.00. The van der Waals surface area contributed by atoms with E-state index in [1.807, 2.05) is 0 Å². The van der Waals surface area contributed by atoms with Crippen molar-refractivity contribution in [1.29, 1.82) is 0 Å². The molecule has 0 bridgehead atoms. The van der Waals surface area contributed by atoms with E-state index in [-0.39, 0.29) is 36.9 Å². The number of aliphatic hydroxyl groups is 3. The minimum Gasteiger partial charge on any atom is -0.397 e. The Balaban J connectivity index is -0.0000000257. The summed E-state index contributed by atoms with van der Waals surface area (Å²) in [4.78, 5) is 0. The van der Waals surface area contributed by atoms with E-state index in [0.29, 0.717) is 0 Å². The monoisotopic (exact) mass is 201 g/mol. The van der Waals surface area contributed by atoms with Gasteiger partial charge in [-0.2, -0.15) is 0 Å². The molecule has 4 heteroatoms. The maximum Gasteiger partial charge on any atom is 0.0402 e. The number of hydrogen-bond donors (Lipinski definition) is 3. The summed E-state index contributed by atoms with van der Waals surface area (Å²) in [6, 6.07) is 0. The minimum absolute atomic E-state index is 0. The largest absolute Gasteiger partial charge is 0.397 e. The average molecular weight is 202 g/mol. The summed E-state index contributed by atoms with van der Waals surface area (Å²) in [5.41, 5.74) is 0. The van der Waals surface area contributed by atoms with E-state index in [1.54, 1.807) is 20.8 Å². The van der Waals surface area contributed by atoms with Crippen molar-refractivity contribution in [2.75, 3.05) is 19.8 Å². The molecule has 0 aromatic carbocycles. The van der Waals surface area contributed by atoms with Gasteiger partial charge in [0.2, 0.25) is 0 Å². The van der Waals surface area contributed by atoms with Crippen LogP contribution in [0.5, 0.6) is 0 Å². The van der Waals surface area contributed by atoms with Crippen LogP contribution in [0.1, 0.15) is 20.8 Å². The molecule has 0 unspecified atom stereocenters. The molecule has 3 N–H and O–H groups in total.